The molecule has 0 fully saturated rings. The van der Waals surface area contributed by atoms with Crippen LogP contribution in [0.15, 0.2) is 0 Å². The standard InChI is InChI=1S/C8H16FNO3/c1-8(2,3)13-7(12)10-6(4-9)5-11/h6,11H,4-5H2,1-3H3,(H,10,12). The van der Waals surface area contributed by atoms with Crippen LogP contribution in [-0.4, -0.2) is 36.1 Å². The van der Waals surface area contributed by atoms with Crippen LogP contribution >= 0.6 is 0 Å². The molecule has 0 aromatic rings. The van der Waals surface area contributed by atoms with Crippen molar-refractivity contribution < 1.29 is 19.0 Å². The van der Waals surface area contributed by atoms with E-state index in [4.69, 9.17) is 9.84 Å². The van der Waals surface area contributed by atoms with E-state index in [0.29, 0.717) is 0 Å². The molecule has 0 rings (SSSR count). The van der Waals surface area contributed by atoms with Gasteiger partial charge in [-0.1, -0.05) is 0 Å². The van der Waals surface area contributed by atoms with Crippen molar-refractivity contribution in [3.63, 3.8) is 0 Å². The fourth-order valence-corrected chi connectivity index (χ4v) is 0.607. The third kappa shape index (κ3) is 6.33. The van der Waals surface area contributed by atoms with Crippen molar-refractivity contribution in [3.05, 3.63) is 0 Å². The monoisotopic (exact) mass is 193 g/mol. The molecule has 4 nitrogen and oxygen atoms in total. The van der Waals surface area contributed by atoms with Gasteiger partial charge < -0.3 is 15.2 Å². The van der Waals surface area contributed by atoms with Crippen LogP contribution in [0.5, 0.6) is 0 Å². The van der Waals surface area contributed by atoms with Crippen LogP contribution in [0.3, 0.4) is 0 Å². The van der Waals surface area contributed by atoms with E-state index in [2.05, 4.69) is 5.32 Å². The second-order valence-corrected chi connectivity index (χ2v) is 3.68. The third-order valence-corrected chi connectivity index (χ3v) is 1.13. The number of halogens is 1. The maximum Gasteiger partial charge on any atom is 0.408 e. The molecule has 0 aliphatic rings. The number of amides is 1. The minimum absolute atomic E-state index is 0.435. The lowest BCUT2D eigenvalue weighted by Crippen LogP contribution is -2.42. The van der Waals surface area contributed by atoms with Crippen molar-refractivity contribution in [2.45, 2.75) is 32.4 Å². The molecule has 0 heterocycles. The number of aliphatic hydroxyl groups is 1. The summed E-state index contributed by atoms with van der Waals surface area (Å²) >= 11 is 0. The highest BCUT2D eigenvalue weighted by molar-refractivity contribution is 5.68. The zero-order valence-corrected chi connectivity index (χ0v) is 8.13. The summed E-state index contributed by atoms with van der Waals surface area (Å²) < 4.78 is 16.9. The Balaban J connectivity index is 3.86. The van der Waals surface area contributed by atoms with Gasteiger partial charge in [0.1, 0.15) is 12.3 Å². The SMILES string of the molecule is CC(C)(C)OC(=O)NC(CO)CF. The highest BCUT2D eigenvalue weighted by Gasteiger charge is 2.18. The Morgan fingerprint density at radius 3 is 2.46 bits per heavy atom. The van der Waals surface area contributed by atoms with Crippen LogP contribution in [0, 0.1) is 0 Å². The van der Waals surface area contributed by atoms with Gasteiger partial charge in [-0.2, -0.15) is 0 Å². The summed E-state index contributed by atoms with van der Waals surface area (Å²) in [5, 5.41) is 10.7. The Bertz CT molecular complexity index is 163. The van der Waals surface area contributed by atoms with Gasteiger partial charge in [0.15, 0.2) is 0 Å². The first-order chi connectivity index (χ1) is 5.89. The number of ether oxygens (including phenoxy) is 1. The number of aliphatic hydroxyl groups excluding tert-OH is 1. The quantitative estimate of drug-likeness (QED) is 0.698. The number of alkyl carbamates (subject to hydrolysis) is 1. The van der Waals surface area contributed by atoms with E-state index in [1.165, 1.54) is 0 Å². The molecule has 0 saturated heterocycles. The molecule has 0 bridgehead atoms. The molecule has 0 aromatic heterocycles. The molecule has 1 amide bonds. The summed E-state index contributed by atoms with van der Waals surface area (Å²) in [6.45, 7) is 3.87. The van der Waals surface area contributed by atoms with Gasteiger partial charge in [-0.3, -0.25) is 0 Å². The maximum atomic E-state index is 12.0. The second-order valence-electron chi connectivity index (χ2n) is 3.68. The summed E-state index contributed by atoms with van der Waals surface area (Å²) in [6.07, 6.45) is -0.718. The lowest BCUT2D eigenvalue weighted by Gasteiger charge is -2.21. The molecular weight excluding hydrogens is 177 g/mol. The number of alkyl halides is 1. The highest BCUT2D eigenvalue weighted by atomic mass is 19.1. The zero-order valence-electron chi connectivity index (χ0n) is 8.13. The van der Waals surface area contributed by atoms with Crippen LogP contribution in [0.1, 0.15) is 20.8 Å². The molecule has 0 spiro atoms. The number of hydrogen-bond acceptors (Lipinski definition) is 3. The van der Waals surface area contributed by atoms with Crippen molar-refractivity contribution in [3.8, 4) is 0 Å². The number of carbonyl (C=O) groups excluding carboxylic acids is 1. The average molecular weight is 193 g/mol. The van der Waals surface area contributed by atoms with Crippen molar-refractivity contribution in [2.75, 3.05) is 13.3 Å². The van der Waals surface area contributed by atoms with E-state index in [1.54, 1.807) is 20.8 Å². The Hall–Kier alpha value is -0.840. The van der Waals surface area contributed by atoms with Crippen molar-refractivity contribution in [1.82, 2.24) is 5.32 Å². The van der Waals surface area contributed by atoms with Gasteiger partial charge in [0.2, 0.25) is 0 Å². The molecule has 1 unspecified atom stereocenters. The highest BCUT2D eigenvalue weighted by Crippen LogP contribution is 2.06. The van der Waals surface area contributed by atoms with Gasteiger partial charge in [0.25, 0.3) is 0 Å². The van der Waals surface area contributed by atoms with Crippen LogP contribution < -0.4 is 5.32 Å². The van der Waals surface area contributed by atoms with Gasteiger partial charge in [0.05, 0.1) is 12.6 Å². The molecule has 0 aromatic carbocycles. The summed E-state index contributed by atoms with van der Waals surface area (Å²) in [5.41, 5.74) is -0.611. The van der Waals surface area contributed by atoms with Crippen LogP contribution in [-0.2, 0) is 4.74 Å². The topological polar surface area (TPSA) is 58.6 Å². The minimum atomic E-state index is -0.880. The fraction of sp³-hybridized carbons (Fsp3) is 0.875. The number of nitrogens with one attached hydrogen (secondary N) is 1. The normalized spacial score (nSPS) is 13.6. The molecular formula is C8H16FNO3. The first-order valence-corrected chi connectivity index (χ1v) is 4.05. The second kappa shape index (κ2) is 5.01. The van der Waals surface area contributed by atoms with Gasteiger partial charge in [0, 0.05) is 0 Å². The fourth-order valence-electron chi connectivity index (χ4n) is 0.607. The van der Waals surface area contributed by atoms with E-state index in [1.807, 2.05) is 0 Å². The van der Waals surface area contributed by atoms with E-state index in [0.717, 1.165) is 0 Å². The molecule has 0 aliphatic carbocycles. The Morgan fingerprint density at radius 2 is 2.15 bits per heavy atom. The molecule has 78 valence electrons. The van der Waals surface area contributed by atoms with Crippen LogP contribution in [0.4, 0.5) is 9.18 Å². The number of rotatable bonds is 3. The molecule has 2 N–H and O–H groups in total. The Labute approximate surface area is 77.1 Å². The largest absolute Gasteiger partial charge is 0.444 e. The van der Waals surface area contributed by atoms with Crippen molar-refractivity contribution >= 4 is 6.09 Å². The average Bonchev–Trinajstić information content (AvgIpc) is 1.96. The molecule has 0 radical (unpaired) electrons. The Kier molecular flexibility index (Phi) is 4.69. The molecule has 5 heteroatoms. The summed E-state index contributed by atoms with van der Waals surface area (Å²) in [5.74, 6) is 0. The molecule has 1 atom stereocenters. The van der Waals surface area contributed by atoms with Crippen molar-refractivity contribution in [2.24, 2.45) is 0 Å². The summed E-state index contributed by atoms with van der Waals surface area (Å²) in [7, 11) is 0. The molecule has 13 heavy (non-hydrogen) atoms. The van der Waals surface area contributed by atoms with Crippen molar-refractivity contribution in [1.29, 1.82) is 0 Å². The van der Waals surface area contributed by atoms with Gasteiger partial charge in [-0.15, -0.1) is 0 Å². The van der Waals surface area contributed by atoms with E-state index >= 15 is 0 Å². The molecule has 0 saturated carbocycles. The zero-order chi connectivity index (χ0) is 10.5. The van der Waals surface area contributed by atoms with E-state index < -0.39 is 31.0 Å². The van der Waals surface area contributed by atoms with E-state index in [-0.39, 0.29) is 0 Å². The maximum absolute atomic E-state index is 12.0. The first kappa shape index (κ1) is 12.2. The van der Waals surface area contributed by atoms with Gasteiger partial charge in [-0.25, -0.2) is 9.18 Å². The smallest absolute Gasteiger partial charge is 0.408 e. The summed E-state index contributed by atoms with van der Waals surface area (Å²) in [6, 6.07) is -0.880. The predicted octanol–water partition coefficient (Wildman–Crippen LogP) is 0.842. The molecule has 0 aliphatic heterocycles. The van der Waals surface area contributed by atoms with Crippen LogP contribution in [0.2, 0.25) is 0 Å². The third-order valence-electron chi connectivity index (χ3n) is 1.13. The van der Waals surface area contributed by atoms with E-state index in [9.17, 15) is 9.18 Å². The number of hydrogen-bond donors (Lipinski definition) is 2. The lowest BCUT2D eigenvalue weighted by atomic mass is 10.2. The van der Waals surface area contributed by atoms with Gasteiger partial charge >= 0.3 is 6.09 Å². The van der Waals surface area contributed by atoms with Gasteiger partial charge in [-0.05, 0) is 20.8 Å². The summed E-state index contributed by atoms with van der Waals surface area (Å²) in [4.78, 5) is 11.0. The van der Waals surface area contributed by atoms with Crippen LogP contribution in [0.25, 0.3) is 0 Å². The Morgan fingerprint density at radius 1 is 1.62 bits per heavy atom. The predicted molar refractivity (Wildman–Crippen MR) is 46.2 cm³/mol. The lowest BCUT2D eigenvalue weighted by molar-refractivity contribution is 0.0471. The first-order valence-electron chi connectivity index (χ1n) is 4.05. The minimum Gasteiger partial charge on any atom is -0.444 e. The number of carbonyl (C=O) groups is 1.